The van der Waals surface area contributed by atoms with Gasteiger partial charge in [0.05, 0.1) is 18.5 Å². The minimum Gasteiger partial charge on any atom is -0.469 e. The van der Waals surface area contributed by atoms with Crippen molar-refractivity contribution in [3.63, 3.8) is 0 Å². The van der Waals surface area contributed by atoms with Gasteiger partial charge >= 0.3 is 5.97 Å². The zero-order chi connectivity index (χ0) is 17.9. The van der Waals surface area contributed by atoms with E-state index in [1.807, 2.05) is 12.1 Å². The van der Waals surface area contributed by atoms with Crippen molar-refractivity contribution in [2.24, 2.45) is 5.92 Å². The molecule has 4 rings (SSSR count). The van der Waals surface area contributed by atoms with E-state index in [4.69, 9.17) is 9.72 Å². The lowest BCUT2D eigenvalue weighted by atomic mass is 9.97. The van der Waals surface area contributed by atoms with Gasteiger partial charge in [0.15, 0.2) is 0 Å². The molecule has 0 unspecified atom stereocenters. The third-order valence-electron chi connectivity index (χ3n) is 5.04. The molecule has 0 N–H and O–H groups in total. The van der Waals surface area contributed by atoms with Crippen LogP contribution < -0.4 is 4.90 Å². The van der Waals surface area contributed by atoms with Crippen LogP contribution in [0.3, 0.4) is 0 Å². The van der Waals surface area contributed by atoms with E-state index in [0.717, 1.165) is 53.8 Å². The fourth-order valence-electron chi connectivity index (χ4n) is 3.53. The molecule has 26 heavy (non-hydrogen) atoms. The number of hydrogen-bond donors (Lipinski definition) is 0. The van der Waals surface area contributed by atoms with Gasteiger partial charge in [-0.05, 0) is 60.4 Å². The number of anilines is 1. The number of pyridine rings is 2. The summed E-state index contributed by atoms with van der Waals surface area (Å²) in [5.74, 6) is 0.886. The predicted molar refractivity (Wildman–Crippen MR) is 102 cm³/mol. The molecule has 1 aromatic carbocycles. The monoisotopic (exact) mass is 347 g/mol. The molecular formula is C21H21N3O2. The molecule has 0 saturated carbocycles. The van der Waals surface area contributed by atoms with Gasteiger partial charge in [0.2, 0.25) is 0 Å². The SMILES string of the molecule is COC(=O)C1CCN(c2ccc3cc(-c4ccncc4)ccc3n2)CC1. The third-order valence-corrected chi connectivity index (χ3v) is 5.04. The van der Waals surface area contributed by atoms with Crippen LogP contribution in [0.1, 0.15) is 12.8 Å². The van der Waals surface area contributed by atoms with Crippen molar-refractivity contribution in [1.29, 1.82) is 0 Å². The third kappa shape index (κ3) is 3.25. The molecule has 5 nitrogen and oxygen atoms in total. The number of carbonyl (C=O) groups is 1. The van der Waals surface area contributed by atoms with Gasteiger partial charge in [-0.15, -0.1) is 0 Å². The maximum absolute atomic E-state index is 11.7. The van der Waals surface area contributed by atoms with Crippen molar-refractivity contribution in [1.82, 2.24) is 9.97 Å². The number of aromatic nitrogens is 2. The minimum atomic E-state index is -0.0974. The van der Waals surface area contributed by atoms with Gasteiger partial charge in [-0.2, -0.15) is 0 Å². The second-order valence-corrected chi connectivity index (χ2v) is 6.60. The lowest BCUT2D eigenvalue weighted by molar-refractivity contribution is -0.146. The van der Waals surface area contributed by atoms with Gasteiger partial charge in [-0.3, -0.25) is 9.78 Å². The molecule has 0 bridgehead atoms. The van der Waals surface area contributed by atoms with Crippen LogP contribution in [-0.2, 0) is 9.53 Å². The molecule has 0 amide bonds. The zero-order valence-corrected chi connectivity index (χ0v) is 14.8. The Bertz CT molecular complexity index is 919. The molecule has 132 valence electrons. The fourth-order valence-corrected chi connectivity index (χ4v) is 3.53. The van der Waals surface area contributed by atoms with Crippen LogP contribution in [0.25, 0.3) is 22.0 Å². The summed E-state index contributed by atoms with van der Waals surface area (Å²) in [5.41, 5.74) is 3.29. The highest BCUT2D eigenvalue weighted by Gasteiger charge is 2.26. The van der Waals surface area contributed by atoms with Crippen molar-refractivity contribution >= 4 is 22.7 Å². The first-order chi connectivity index (χ1) is 12.7. The summed E-state index contributed by atoms with van der Waals surface area (Å²) in [5, 5.41) is 1.12. The Balaban J connectivity index is 1.54. The van der Waals surface area contributed by atoms with Crippen LogP contribution in [0.5, 0.6) is 0 Å². The van der Waals surface area contributed by atoms with E-state index in [0.29, 0.717) is 0 Å². The van der Waals surface area contributed by atoms with Crippen molar-refractivity contribution in [2.75, 3.05) is 25.1 Å². The van der Waals surface area contributed by atoms with Crippen LogP contribution in [-0.4, -0.2) is 36.1 Å². The summed E-state index contributed by atoms with van der Waals surface area (Å²) < 4.78 is 4.86. The van der Waals surface area contributed by atoms with Crippen LogP contribution in [0.15, 0.2) is 54.9 Å². The van der Waals surface area contributed by atoms with Crippen LogP contribution in [0.2, 0.25) is 0 Å². The highest BCUT2D eigenvalue weighted by molar-refractivity contribution is 5.85. The second-order valence-electron chi connectivity index (χ2n) is 6.60. The number of fused-ring (bicyclic) bond motifs is 1. The number of nitrogens with zero attached hydrogens (tertiary/aromatic N) is 3. The van der Waals surface area contributed by atoms with Crippen molar-refractivity contribution < 1.29 is 9.53 Å². The Hall–Kier alpha value is -2.95. The molecule has 0 radical (unpaired) electrons. The number of carbonyl (C=O) groups excluding carboxylic acids is 1. The van der Waals surface area contributed by atoms with Crippen LogP contribution in [0, 0.1) is 5.92 Å². The molecule has 3 heterocycles. The molecule has 3 aromatic rings. The summed E-state index contributed by atoms with van der Waals surface area (Å²) in [6.45, 7) is 1.65. The Morgan fingerprint density at radius 2 is 1.81 bits per heavy atom. The Morgan fingerprint density at radius 1 is 1.04 bits per heavy atom. The van der Waals surface area contributed by atoms with Gasteiger partial charge in [-0.25, -0.2) is 4.98 Å². The van der Waals surface area contributed by atoms with Gasteiger partial charge in [-0.1, -0.05) is 6.07 Å². The maximum Gasteiger partial charge on any atom is 0.308 e. The van der Waals surface area contributed by atoms with E-state index >= 15 is 0 Å². The van der Waals surface area contributed by atoms with Crippen LogP contribution >= 0.6 is 0 Å². The number of methoxy groups -OCH3 is 1. The predicted octanol–water partition coefficient (Wildman–Crippen LogP) is 3.69. The Kier molecular flexibility index (Phi) is 4.52. The van der Waals surface area contributed by atoms with Crippen molar-refractivity contribution in [3.05, 3.63) is 54.9 Å². The lowest BCUT2D eigenvalue weighted by Gasteiger charge is -2.31. The summed E-state index contributed by atoms with van der Waals surface area (Å²) >= 11 is 0. The van der Waals surface area contributed by atoms with E-state index in [1.165, 1.54) is 7.11 Å². The minimum absolute atomic E-state index is 0.0135. The second kappa shape index (κ2) is 7.12. The number of esters is 1. The lowest BCUT2D eigenvalue weighted by Crippen LogP contribution is -2.37. The van der Waals surface area contributed by atoms with E-state index in [-0.39, 0.29) is 11.9 Å². The van der Waals surface area contributed by atoms with E-state index < -0.39 is 0 Å². The highest BCUT2D eigenvalue weighted by Crippen LogP contribution is 2.27. The molecule has 2 aromatic heterocycles. The smallest absolute Gasteiger partial charge is 0.308 e. The Labute approximate surface area is 152 Å². The van der Waals surface area contributed by atoms with Crippen molar-refractivity contribution in [3.8, 4) is 11.1 Å². The summed E-state index contributed by atoms with van der Waals surface area (Å²) in [7, 11) is 1.46. The van der Waals surface area contributed by atoms with E-state index in [1.54, 1.807) is 12.4 Å². The maximum atomic E-state index is 11.7. The van der Waals surface area contributed by atoms with Gasteiger partial charge in [0.25, 0.3) is 0 Å². The molecule has 5 heteroatoms. The molecule has 1 aliphatic rings. The highest BCUT2D eigenvalue weighted by atomic mass is 16.5. The fraction of sp³-hybridized carbons (Fsp3) is 0.286. The number of ether oxygens (including phenoxy) is 1. The van der Waals surface area contributed by atoms with Gasteiger partial charge < -0.3 is 9.64 Å². The number of benzene rings is 1. The largest absolute Gasteiger partial charge is 0.469 e. The number of rotatable bonds is 3. The first kappa shape index (κ1) is 16.5. The molecule has 1 saturated heterocycles. The first-order valence-electron chi connectivity index (χ1n) is 8.88. The normalized spacial score (nSPS) is 15.2. The molecule has 0 aliphatic carbocycles. The van der Waals surface area contributed by atoms with Gasteiger partial charge in [0, 0.05) is 30.9 Å². The summed E-state index contributed by atoms with van der Waals surface area (Å²) in [4.78, 5) is 22.8. The first-order valence-corrected chi connectivity index (χ1v) is 8.88. The van der Waals surface area contributed by atoms with E-state index in [2.05, 4.69) is 40.2 Å². The van der Waals surface area contributed by atoms with Crippen molar-refractivity contribution in [2.45, 2.75) is 12.8 Å². The summed E-state index contributed by atoms with van der Waals surface area (Å²) in [6.07, 6.45) is 5.23. The zero-order valence-electron chi connectivity index (χ0n) is 14.8. The summed E-state index contributed by atoms with van der Waals surface area (Å²) in [6, 6.07) is 14.5. The Morgan fingerprint density at radius 3 is 2.54 bits per heavy atom. The topological polar surface area (TPSA) is 55.3 Å². The molecular weight excluding hydrogens is 326 g/mol. The van der Waals surface area contributed by atoms with Gasteiger partial charge in [0.1, 0.15) is 5.82 Å². The standard InChI is InChI=1S/C21H21N3O2/c1-26-21(25)16-8-12-24(13-9-16)20-5-3-18-14-17(2-4-19(18)23-20)15-6-10-22-11-7-15/h2-7,10-11,14,16H,8-9,12-13H2,1H3. The van der Waals surface area contributed by atoms with E-state index in [9.17, 15) is 4.79 Å². The molecule has 1 aliphatic heterocycles. The average molecular weight is 347 g/mol. The molecule has 0 spiro atoms. The van der Waals surface area contributed by atoms with Crippen LogP contribution in [0.4, 0.5) is 5.82 Å². The number of piperidine rings is 1. The quantitative estimate of drug-likeness (QED) is 0.677. The number of hydrogen-bond acceptors (Lipinski definition) is 5. The average Bonchev–Trinajstić information content (AvgIpc) is 2.73. The molecule has 0 atom stereocenters. The molecule has 1 fully saturated rings.